The smallest absolute Gasteiger partial charge is 0.278 e. The van der Waals surface area contributed by atoms with Crippen LogP contribution in [0.15, 0.2) is 48.5 Å². The lowest BCUT2D eigenvalue weighted by Gasteiger charge is -2.32. The number of fused-ring (bicyclic) bond motifs is 1. The highest BCUT2D eigenvalue weighted by Crippen LogP contribution is 2.25. The van der Waals surface area contributed by atoms with Crippen LogP contribution in [-0.2, 0) is 24.3 Å². The summed E-state index contributed by atoms with van der Waals surface area (Å²) in [6.45, 7) is 8.86. The van der Waals surface area contributed by atoms with E-state index in [1.807, 2.05) is 30.3 Å². The Balaban J connectivity index is 1.23. The Kier molecular flexibility index (Phi) is 5.93. The molecule has 28 heavy (non-hydrogen) atoms. The monoisotopic (exact) mass is 381 g/mol. The lowest BCUT2D eigenvalue weighted by atomic mass is 10.1. The van der Waals surface area contributed by atoms with Gasteiger partial charge in [0, 0.05) is 18.5 Å². The van der Waals surface area contributed by atoms with Crippen LogP contribution in [0.1, 0.15) is 23.6 Å². The molecule has 0 bridgehead atoms. The van der Waals surface area contributed by atoms with Gasteiger partial charge in [0.05, 0.1) is 6.61 Å². The number of hydrogen-bond donors (Lipinski definition) is 3. The third kappa shape index (κ3) is 4.54. The summed E-state index contributed by atoms with van der Waals surface area (Å²) in [6.07, 6.45) is 1.03. The molecule has 2 aliphatic rings. The summed E-state index contributed by atoms with van der Waals surface area (Å²) in [5.74, 6) is 1.21. The zero-order chi connectivity index (χ0) is 19.3. The third-order valence-corrected chi connectivity index (χ3v) is 6.12. The molecule has 1 amide bonds. The van der Waals surface area contributed by atoms with Crippen molar-refractivity contribution in [1.82, 2.24) is 5.32 Å². The zero-order valence-electron chi connectivity index (χ0n) is 16.7. The van der Waals surface area contributed by atoms with Crippen LogP contribution in [-0.4, -0.2) is 44.7 Å². The van der Waals surface area contributed by atoms with Gasteiger partial charge in [0.15, 0.2) is 6.04 Å². The molecule has 0 saturated carbocycles. The maximum atomic E-state index is 12.5. The van der Waals surface area contributed by atoms with E-state index in [9.17, 15) is 4.79 Å². The number of ether oxygens (including phenoxy) is 1. The van der Waals surface area contributed by atoms with Gasteiger partial charge < -0.3 is 19.9 Å². The number of hydrogen-bond acceptors (Lipinski definition) is 2. The summed E-state index contributed by atoms with van der Waals surface area (Å²) in [6, 6.07) is 16.7. The maximum Gasteiger partial charge on any atom is 0.278 e. The number of carbonyl (C=O) groups excluding carboxylic acids is 1. The first-order valence-corrected chi connectivity index (χ1v) is 10.4. The van der Waals surface area contributed by atoms with Crippen LogP contribution in [0, 0.1) is 0 Å². The summed E-state index contributed by atoms with van der Waals surface area (Å²) in [5, 5.41) is 3.09. The van der Waals surface area contributed by atoms with Crippen molar-refractivity contribution in [3.63, 3.8) is 0 Å². The van der Waals surface area contributed by atoms with Gasteiger partial charge in [-0.05, 0) is 36.2 Å². The predicted octanol–water partition coefficient (Wildman–Crippen LogP) is -0.390. The molecule has 1 atom stereocenters. The Hall–Kier alpha value is -2.37. The number of nitrogens with one attached hydrogen (secondary N) is 3. The van der Waals surface area contributed by atoms with E-state index in [0.717, 1.165) is 57.1 Å². The Morgan fingerprint density at radius 3 is 2.64 bits per heavy atom. The van der Waals surface area contributed by atoms with Gasteiger partial charge in [0.25, 0.3) is 5.91 Å². The van der Waals surface area contributed by atoms with Crippen molar-refractivity contribution in [1.29, 1.82) is 0 Å². The van der Waals surface area contributed by atoms with Crippen molar-refractivity contribution in [2.75, 3.05) is 32.8 Å². The summed E-state index contributed by atoms with van der Waals surface area (Å²) in [5.41, 5.74) is 3.90. The van der Waals surface area contributed by atoms with Gasteiger partial charge in [0.1, 0.15) is 38.5 Å². The topological polar surface area (TPSA) is 47.2 Å². The van der Waals surface area contributed by atoms with E-state index in [-0.39, 0.29) is 11.9 Å². The largest absolute Gasteiger partial charge is 0.493 e. The van der Waals surface area contributed by atoms with Gasteiger partial charge >= 0.3 is 0 Å². The summed E-state index contributed by atoms with van der Waals surface area (Å²) in [4.78, 5) is 15.6. The highest BCUT2D eigenvalue weighted by molar-refractivity contribution is 5.79. The van der Waals surface area contributed by atoms with Crippen LogP contribution in [0.4, 0.5) is 0 Å². The molecule has 0 unspecified atom stereocenters. The van der Waals surface area contributed by atoms with Crippen molar-refractivity contribution in [2.24, 2.45) is 0 Å². The molecule has 1 saturated heterocycles. The highest BCUT2D eigenvalue weighted by atomic mass is 16.5. The molecule has 0 aliphatic carbocycles. The third-order valence-electron chi connectivity index (χ3n) is 6.12. The Morgan fingerprint density at radius 2 is 1.86 bits per heavy atom. The molecule has 2 aromatic rings. The number of quaternary nitrogens is 2. The van der Waals surface area contributed by atoms with Crippen LogP contribution in [0.25, 0.3) is 0 Å². The van der Waals surface area contributed by atoms with Gasteiger partial charge in [-0.2, -0.15) is 0 Å². The fourth-order valence-corrected chi connectivity index (χ4v) is 4.30. The number of carbonyl (C=O) groups is 1. The summed E-state index contributed by atoms with van der Waals surface area (Å²) < 4.78 is 5.61. The van der Waals surface area contributed by atoms with Gasteiger partial charge in [0.2, 0.25) is 0 Å². The summed E-state index contributed by atoms with van der Waals surface area (Å²) >= 11 is 0. The molecule has 5 nitrogen and oxygen atoms in total. The minimum atomic E-state index is 0.00223. The average molecular weight is 382 g/mol. The Morgan fingerprint density at radius 1 is 1.07 bits per heavy atom. The molecule has 2 aromatic carbocycles. The standard InChI is InChI=1S/C23H29N3O2/c1-18(23(27)24-16-19-5-3-2-4-6-19)26-12-10-25(11-13-26)17-20-7-8-22-21(15-20)9-14-28-22/h2-8,15,18H,9-14,16-17H2,1H3,(H,24,27)/p+2/t18-/m1/s1. The van der Waals surface area contributed by atoms with Gasteiger partial charge in [-0.1, -0.05) is 30.3 Å². The van der Waals surface area contributed by atoms with Crippen molar-refractivity contribution in [3.05, 3.63) is 65.2 Å². The van der Waals surface area contributed by atoms with E-state index < -0.39 is 0 Å². The number of amides is 1. The first kappa shape index (κ1) is 19.0. The van der Waals surface area contributed by atoms with E-state index in [2.05, 4.69) is 30.4 Å². The van der Waals surface area contributed by atoms with Gasteiger partial charge in [-0.25, -0.2) is 0 Å². The van der Waals surface area contributed by atoms with E-state index in [4.69, 9.17) is 4.74 Å². The van der Waals surface area contributed by atoms with Crippen LogP contribution in [0.5, 0.6) is 5.75 Å². The number of piperazine rings is 1. The zero-order valence-corrected chi connectivity index (χ0v) is 16.7. The lowest BCUT2D eigenvalue weighted by Crippen LogP contribution is -3.29. The second-order valence-corrected chi connectivity index (χ2v) is 8.05. The van der Waals surface area contributed by atoms with Gasteiger partial charge in [-0.15, -0.1) is 0 Å². The molecular formula is C23H31N3O2+2. The average Bonchev–Trinajstić information content (AvgIpc) is 3.21. The molecule has 5 heteroatoms. The Labute approximate surface area is 167 Å². The second-order valence-electron chi connectivity index (χ2n) is 8.05. The van der Waals surface area contributed by atoms with E-state index in [1.54, 1.807) is 4.90 Å². The quantitative estimate of drug-likeness (QED) is 0.638. The minimum absolute atomic E-state index is 0.00223. The molecule has 0 radical (unpaired) electrons. The van der Waals surface area contributed by atoms with Gasteiger partial charge in [-0.3, -0.25) is 4.79 Å². The molecular weight excluding hydrogens is 350 g/mol. The maximum absolute atomic E-state index is 12.5. The van der Waals surface area contributed by atoms with Crippen molar-refractivity contribution >= 4 is 5.91 Å². The first-order valence-electron chi connectivity index (χ1n) is 10.4. The van der Waals surface area contributed by atoms with Crippen LogP contribution < -0.4 is 19.9 Å². The van der Waals surface area contributed by atoms with Crippen LogP contribution in [0.3, 0.4) is 0 Å². The normalized spacial score (nSPS) is 22.2. The number of rotatable bonds is 6. The molecule has 3 N–H and O–H groups in total. The van der Waals surface area contributed by atoms with Crippen LogP contribution in [0.2, 0.25) is 0 Å². The minimum Gasteiger partial charge on any atom is -0.493 e. The first-order chi connectivity index (χ1) is 13.7. The predicted molar refractivity (Wildman–Crippen MR) is 108 cm³/mol. The van der Waals surface area contributed by atoms with Crippen LogP contribution >= 0.6 is 0 Å². The SMILES string of the molecule is C[C@H](C(=O)NCc1ccccc1)[NH+]1CC[NH+](Cc2ccc3c(c2)CCO3)CC1. The molecule has 2 aliphatic heterocycles. The molecule has 0 aromatic heterocycles. The lowest BCUT2D eigenvalue weighted by molar-refractivity contribution is -1.02. The molecule has 0 spiro atoms. The second kappa shape index (κ2) is 8.76. The van der Waals surface area contributed by atoms with E-state index in [1.165, 1.54) is 16.0 Å². The molecule has 1 fully saturated rings. The van der Waals surface area contributed by atoms with Crippen molar-refractivity contribution in [2.45, 2.75) is 32.5 Å². The van der Waals surface area contributed by atoms with Crippen molar-refractivity contribution < 1.29 is 19.3 Å². The molecule has 4 rings (SSSR count). The fourth-order valence-electron chi connectivity index (χ4n) is 4.30. The fraction of sp³-hybridized carbons (Fsp3) is 0.435. The summed E-state index contributed by atoms with van der Waals surface area (Å²) in [7, 11) is 0. The Bertz CT molecular complexity index is 801. The van der Waals surface area contributed by atoms with Crippen molar-refractivity contribution in [3.8, 4) is 5.75 Å². The highest BCUT2D eigenvalue weighted by Gasteiger charge is 2.31. The van der Waals surface area contributed by atoms with E-state index in [0.29, 0.717) is 6.54 Å². The molecule has 148 valence electrons. The number of benzene rings is 2. The van der Waals surface area contributed by atoms with E-state index >= 15 is 0 Å². The molecule has 2 heterocycles.